The zero-order valence-corrected chi connectivity index (χ0v) is 20.3. The van der Waals surface area contributed by atoms with E-state index in [1.54, 1.807) is 4.90 Å². The first-order valence-electron chi connectivity index (χ1n) is 11.5. The van der Waals surface area contributed by atoms with Gasteiger partial charge in [-0.05, 0) is 60.0 Å². The number of hydrogen-bond acceptors (Lipinski definition) is 3. The molecule has 2 heterocycles. The molecule has 0 saturated heterocycles. The third kappa shape index (κ3) is 5.18. The molecule has 0 atom stereocenters. The summed E-state index contributed by atoms with van der Waals surface area (Å²) in [5, 5.41) is 3.74. The standard InChI is InChI=1S/C27H26ClN3O2S/c28-21-9-7-19(8-10-21)17-30(14-13-20-16-29-24-5-2-1-4-23(20)24)26(32)18-31(22-11-12-22)27(33)25-6-3-15-34-25/h1-10,15-16,22,29H,11-14,17-18H2. The average Bonchev–Trinajstić information content (AvgIpc) is 3.37. The van der Waals surface area contributed by atoms with Crippen LogP contribution in [0.15, 0.2) is 72.2 Å². The first kappa shape index (κ1) is 22.7. The van der Waals surface area contributed by atoms with E-state index < -0.39 is 0 Å². The smallest absolute Gasteiger partial charge is 0.264 e. The predicted octanol–water partition coefficient (Wildman–Crippen LogP) is 5.76. The quantitative estimate of drug-likeness (QED) is 0.323. The summed E-state index contributed by atoms with van der Waals surface area (Å²) in [6.45, 7) is 1.14. The van der Waals surface area contributed by atoms with Crippen LogP contribution >= 0.6 is 22.9 Å². The van der Waals surface area contributed by atoms with Crippen molar-refractivity contribution in [1.82, 2.24) is 14.8 Å². The molecule has 5 nitrogen and oxygen atoms in total. The van der Waals surface area contributed by atoms with E-state index in [0.717, 1.165) is 30.3 Å². The first-order valence-corrected chi connectivity index (χ1v) is 12.8. The highest BCUT2D eigenvalue weighted by Crippen LogP contribution is 2.29. The molecule has 1 aliphatic carbocycles. The molecule has 1 aliphatic rings. The van der Waals surface area contributed by atoms with Crippen LogP contribution in [0.1, 0.15) is 33.6 Å². The number of halogens is 1. The molecule has 5 rings (SSSR count). The Morgan fingerprint density at radius 3 is 2.56 bits per heavy atom. The molecule has 0 radical (unpaired) electrons. The minimum absolute atomic E-state index is 0.0356. The van der Waals surface area contributed by atoms with E-state index in [1.807, 2.05) is 65.0 Å². The lowest BCUT2D eigenvalue weighted by atomic mass is 10.1. The maximum atomic E-state index is 13.6. The van der Waals surface area contributed by atoms with E-state index >= 15 is 0 Å². The Bertz CT molecular complexity index is 1280. The van der Waals surface area contributed by atoms with Crippen molar-refractivity contribution < 1.29 is 9.59 Å². The van der Waals surface area contributed by atoms with Crippen LogP contribution in [0.5, 0.6) is 0 Å². The number of H-pyrrole nitrogens is 1. The lowest BCUT2D eigenvalue weighted by Gasteiger charge is -2.28. The Hall–Kier alpha value is -3.09. The van der Waals surface area contributed by atoms with Gasteiger partial charge in [-0.2, -0.15) is 0 Å². The van der Waals surface area contributed by atoms with Crippen LogP contribution in [0.3, 0.4) is 0 Å². The summed E-state index contributed by atoms with van der Waals surface area (Å²) >= 11 is 7.48. The number of para-hydroxylation sites is 1. The molecule has 2 aromatic heterocycles. The molecule has 0 aliphatic heterocycles. The second-order valence-corrected chi connectivity index (χ2v) is 10.1. The number of benzene rings is 2. The maximum Gasteiger partial charge on any atom is 0.264 e. The van der Waals surface area contributed by atoms with E-state index in [4.69, 9.17) is 11.6 Å². The number of rotatable bonds is 9. The van der Waals surface area contributed by atoms with E-state index in [1.165, 1.54) is 22.3 Å². The van der Waals surface area contributed by atoms with Crippen molar-refractivity contribution in [1.29, 1.82) is 0 Å². The second-order valence-electron chi connectivity index (χ2n) is 8.69. The fourth-order valence-electron chi connectivity index (χ4n) is 4.24. The Morgan fingerprint density at radius 1 is 1.03 bits per heavy atom. The van der Waals surface area contributed by atoms with E-state index in [9.17, 15) is 9.59 Å². The zero-order valence-electron chi connectivity index (χ0n) is 18.7. The van der Waals surface area contributed by atoms with Crippen LogP contribution < -0.4 is 0 Å². The van der Waals surface area contributed by atoms with Gasteiger partial charge in [0.2, 0.25) is 5.91 Å². The number of thiophene rings is 1. The largest absolute Gasteiger partial charge is 0.361 e. The van der Waals surface area contributed by atoms with Crippen LogP contribution in [0.4, 0.5) is 0 Å². The molecule has 0 bridgehead atoms. The summed E-state index contributed by atoms with van der Waals surface area (Å²) < 4.78 is 0. The number of nitrogens with one attached hydrogen (secondary N) is 1. The molecule has 174 valence electrons. The summed E-state index contributed by atoms with van der Waals surface area (Å²) in [4.78, 5) is 34.3. The third-order valence-corrected chi connectivity index (χ3v) is 7.36. The molecule has 1 saturated carbocycles. The SMILES string of the molecule is O=C(CN(C(=O)c1cccs1)C1CC1)N(CCc1c[nH]c2ccccc12)Cc1ccc(Cl)cc1. The number of carbonyl (C=O) groups excluding carboxylic acids is 2. The van der Waals surface area contributed by atoms with Crippen LogP contribution in [-0.2, 0) is 17.8 Å². The number of carbonyl (C=O) groups is 2. The third-order valence-electron chi connectivity index (χ3n) is 6.25. The molecule has 2 aromatic carbocycles. The maximum absolute atomic E-state index is 13.6. The molecule has 0 spiro atoms. The van der Waals surface area contributed by atoms with Gasteiger partial charge in [0.15, 0.2) is 0 Å². The highest BCUT2D eigenvalue weighted by molar-refractivity contribution is 7.12. The summed E-state index contributed by atoms with van der Waals surface area (Å²) in [5.74, 6) is -0.0829. The number of hydrogen-bond donors (Lipinski definition) is 1. The number of aromatic nitrogens is 1. The average molecular weight is 492 g/mol. The van der Waals surface area contributed by atoms with Gasteiger partial charge in [0.25, 0.3) is 5.91 Å². The van der Waals surface area contributed by atoms with Crippen LogP contribution in [0, 0.1) is 0 Å². The summed E-state index contributed by atoms with van der Waals surface area (Å²) in [6.07, 6.45) is 4.66. The fourth-order valence-corrected chi connectivity index (χ4v) is 5.04. The normalized spacial score (nSPS) is 13.2. The monoisotopic (exact) mass is 491 g/mol. The summed E-state index contributed by atoms with van der Waals surface area (Å²) in [7, 11) is 0. The molecular formula is C27H26ClN3O2S. The van der Waals surface area contributed by atoms with Gasteiger partial charge >= 0.3 is 0 Å². The van der Waals surface area contributed by atoms with Gasteiger partial charge in [-0.25, -0.2) is 0 Å². The lowest BCUT2D eigenvalue weighted by Crippen LogP contribution is -2.44. The van der Waals surface area contributed by atoms with Gasteiger partial charge in [-0.3, -0.25) is 9.59 Å². The van der Waals surface area contributed by atoms with Gasteiger partial charge < -0.3 is 14.8 Å². The van der Waals surface area contributed by atoms with Gasteiger partial charge in [0.05, 0.1) is 4.88 Å². The Kier molecular flexibility index (Phi) is 6.70. The Morgan fingerprint density at radius 2 is 1.82 bits per heavy atom. The van der Waals surface area contributed by atoms with Gasteiger partial charge in [0, 0.05) is 41.3 Å². The molecular weight excluding hydrogens is 466 g/mol. The number of amides is 2. The number of nitrogens with zero attached hydrogens (tertiary/aromatic N) is 2. The van der Waals surface area contributed by atoms with Crippen LogP contribution in [0.2, 0.25) is 5.02 Å². The van der Waals surface area contributed by atoms with Crippen molar-refractivity contribution in [2.75, 3.05) is 13.1 Å². The van der Waals surface area contributed by atoms with Crippen LogP contribution in [-0.4, -0.2) is 45.7 Å². The Balaban J connectivity index is 1.34. The molecule has 1 fully saturated rings. The van der Waals surface area contributed by atoms with Crippen molar-refractivity contribution in [3.8, 4) is 0 Å². The zero-order chi connectivity index (χ0) is 23.5. The number of aromatic amines is 1. The minimum atomic E-state index is -0.0473. The van der Waals surface area contributed by atoms with E-state index in [0.29, 0.717) is 23.0 Å². The van der Waals surface area contributed by atoms with E-state index in [2.05, 4.69) is 17.1 Å². The minimum Gasteiger partial charge on any atom is -0.361 e. The summed E-state index contributed by atoms with van der Waals surface area (Å²) in [5.41, 5.74) is 3.28. The fraction of sp³-hybridized carbons (Fsp3) is 0.259. The van der Waals surface area contributed by atoms with Crippen LogP contribution in [0.25, 0.3) is 10.9 Å². The molecule has 0 unspecified atom stereocenters. The summed E-state index contributed by atoms with van der Waals surface area (Å²) in [6, 6.07) is 19.6. The molecule has 34 heavy (non-hydrogen) atoms. The molecule has 2 amide bonds. The highest BCUT2D eigenvalue weighted by Gasteiger charge is 2.35. The molecule has 7 heteroatoms. The van der Waals surface area contributed by atoms with Gasteiger partial charge in [0.1, 0.15) is 6.54 Å². The Labute approximate surface area is 208 Å². The van der Waals surface area contributed by atoms with E-state index in [-0.39, 0.29) is 24.4 Å². The highest BCUT2D eigenvalue weighted by atomic mass is 35.5. The van der Waals surface area contributed by atoms with Crippen molar-refractivity contribution in [2.24, 2.45) is 0 Å². The van der Waals surface area contributed by atoms with Crippen molar-refractivity contribution in [3.05, 3.63) is 93.3 Å². The first-order chi connectivity index (χ1) is 16.6. The predicted molar refractivity (Wildman–Crippen MR) is 137 cm³/mol. The van der Waals surface area contributed by atoms with Crippen molar-refractivity contribution in [3.63, 3.8) is 0 Å². The van der Waals surface area contributed by atoms with Crippen molar-refractivity contribution in [2.45, 2.75) is 31.8 Å². The molecule has 4 aromatic rings. The van der Waals surface area contributed by atoms with Gasteiger partial charge in [-0.1, -0.05) is 48.0 Å². The van der Waals surface area contributed by atoms with Crippen molar-refractivity contribution >= 4 is 45.7 Å². The van der Waals surface area contributed by atoms with Gasteiger partial charge in [-0.15, -0.1) is 11.3 Å². The second kappa shape index (κ2) is 10.0. The lowest BCUT2D eigenvalue weighted by molar-refractivity contribution is -0.132. The topological polar surface area (TPSA) is 56.4 Å². The molecule has 1 N–H and O–H groups in total. The number of fused-ring (bicyclic) bond motifs is 1.